The molecule has 0 saturated heterocycles. The summed E-state index contributed by atoms with van der Waals surface area (Å²) < 4.78 is 14.4. The van der Waals surface area contributed by atoms with Gasteiger partial charge < -0.3 is 16.0 Å². The summed E-state index contributed by atoms with van der Waals surface area (Å²) in [4.78, 5) is 14.1. The topological polar surface area (TPSA) is 53.2 Å². The van der Waals surface area contributed by atoms with Crippen LogP contribution in [-0.2, 0) is 10.5 Å². The zero-order valence-corrected chi connectivity index (χ0v) is 20.8. The summed E-state index contributed by atoms with van der Waals surface area (Å²) in [6.07, 6.45) is 11.0. The molecule has 1 amide bonds. The summed E-state index contributed by atoms with van der Waals surface area (Å²) in [5.74, 6) is -0.608. The first-order chi connectivity index (χ1) is 16.5. The molecule has 2 aromatic rings. The molecule has 2 aromatic carbocycles. The molecule has 0 bridgehead atoms. The van der Waals surface area contributed by atoms with Crippen molar-refractivity contribution in [3.63, 3.8) is 0 Å². The van der Waals surface area contributed by atoms with Gasteiger partial charge in [-0.1, -0.05) is 73.9 Å². The van der Waals surface area contributed by atoms with E-state index in [0.717, 1.165) is 56.9 Å². The molecule has 7 heteroatoms. The molecule has 1 heterocycles. The molecule has 34 heavy (non-hydrogen) atoms. The van der Waals surface area contributed by atoms with Crippen LogP contribution in [0.4, 0.5) is 15.8 Å². The van der Waals surface area contributed by atoms with Gasteiger partial charge in [0.05, 0.1) is 22.3 Å². The second-order valence-electron chi connectivity index (χ2n) is 10.1. The molecule has 0 radical (unpaired) electrons. The summed E-state index contributed by atoms with van der Waals surface area (Å²) in [6, 6.07) is 10.8. The monoisotopic (exact) mass is 503 g/mol. The van der Waals surface area contributed by atoms with Gasteiger partial charge in [-0.2, -0.15) is 0 Å². The van der Waals surface area contributed by atoms with Crippen LogP contribution in [0.5, 0.6) is 0 Å². The highest BCUT2D eigenvalue weighted by atomic mass is 35.5. The Hall–Kier alpha value is -1.98. The van der Waals surface area contributed by atoms with E-state index in [9.17, 15) is 9.18 Å². The third-order valence-corrected chi connectivity index (χ3v) is 8.39. The Kier molecular flexibility index (Phi) is 6.95. The zero-order chi connectivity index (χ0) is 23.7. The van der Waals surface area contributed by atoms with E-state index in [2.05, 4.69) is 16.0 Å². The maximum Gasteiger partial charge on any atom is 0.228 e. The Bertz CT molecular complexity index is 1000. The highest BCUT2D eigenvalue weighted by Crippen LogP contribution is 2.50. The van der Waals surface area contributed by atoms with Crippen molar-refractivity contribution in [2.45, 2.75) is 75.9 Å². The number of carbonyl (C=O) groups is 1. The van der Waals surface area contributed by atoms with Crippen LogP contribution in [0.2, 0.25) is 10.0 Å². The number of anilines is 2. The lowest BCUT2D eigenvalue weighted by Crippen LogP contribution is -2.56. The minimum atomic E-state index is -0.926. The number of amides is 1. The quantitative estimate of drug-likeness (QED) is 0.396. The Morgan fingerprint density at radius 1 is 0.912 bits per heavy atom. The molecule has 2 saturated carbocycles. The molecule has 2 fully saturated rings. The van der Waals surface area contributed by atoms with Gasteiger partial charge in [-0.15, -0.1) is 0 Å². The molecular weight excluding hydrogens is 472 g/mol. The average molecular weight is 504 g/mol. The first kappa shape index (κ1) is 23.7. The van der Waals surface area contributed by atoms with E-state index in [-0.39, 0.29) is 28.8 Å². The van der Waals surface area contributed by atoms with Crippen LogP contribution in [0.3, 0.4) is 0 Å². The Morgan fingerprint density at radius 3 is 2.15 bits per heavy atom. The molecule has 1 unspecified atom stereocenters. The first-order valence-electron chi connectivity index (χ1n) is 12.6. The SMILES string of the molecule is O=C(NC1CCCCC1)[C@@H](C1CCCCC1)C1(c2ccc(Cl)cc2)Nc2cc(F)c(Cl)cc2N1. The van der Waals surface area contributed by atoms with E-state index < -0.39 is 11.5 Å². The average Bonchev–Trinajstić information content (AvgIpc) is 3.19. The first-order valence-corrected chi connectivity index (χ1v) is 13.3. The zero-order valence-electron chi connectivity index (χ0n) is 19.3. The molecule has 5 rings (SSSR count). The Morgan fingerprint density at radius 2 is 1.50 bits per heavy atom. The van der Waals surface area contributed by atoms with E-state index >= 15 is 0 Å². The van der Waals surface area contributed by atoms with Crippen molar-refractivity contribution >= 4 is 40.5 Å². The van der Waals surface area contributed by atoms with Gasteiger partial charge in [0.15, 0.2) is 0 Å². The third-order valence-electron chi connectivity index (χ3n) is 7.85. The number of carbonyl (C=O) groups excluding carboxylic acids is 1. The van der Waals surface area contributed by atoms with Gasteiger partial charge in [0.2, 0.25) is 5.91 Å². The van der Waals surface area contributed by atoms with Gasteiger partial charge >= 0.3 is 0 Å². The minimum Gasteiger partial charge on any atom is -0.357 e. The number of hydrogen-bond acceptors (Lipinski definition) is 3. The molecule has 2 aliphatic carbocycles. The number of nitrogens with one attached hydrogen (secondary N) is 3. The van der Waals surface area contributed by atoms with Crippen LogP contribution in [0.1, 0.15) is 69.8 Å². The van der Waals surface area contributed by atoms with Crippen LogP contribution in [0.25, 0.3) is 0 Å². The molecular formula is C27H32Cl2FN3O. The highest BCUT2D eigenvalue weighted by molar-refractivity contribution is 6.31. The summed E-state index contributed by atoms with van der Waals surface area (Å²) in [7, 11) is 0. The van der Waals surface area contributed by atoms with Crippen molar-refractivity contribution in [3.05, 3.63) is 57.8 Å². The molecule has 2 atom stereocenters. The summed E-state index contributed by atoms with van der Waals surface area (Å²) in [5.41, 5.74) is 1.29. The maximum absolute atomic E-state index is 14.4. The standard InChI is InChI=1S/C27H32Cl2FN3O/c28-19-13-11-18(12-14-19)27(32-23-15-21(29)22(30)16-24(23)33-27)25(17-7-3-1-4-8-17)26(34)31-20-9-5-2-6-10-20/h11-17,20,25,32-33H,1-10H2,(H,31,34)/t25-,27?/m1/s1. The minimum absolute atomic E-state index is 0.0563. The number of benzene rings is 2. The number of halogens is 3. The fraction of sp³-hybridized carbons (Fsp3) is 0.519. The fourth-order valence-corrected chi connectivity index (χ4v) is 6.46. The van der Waals surface area contributed by atoms with Crippen LogP contribution in [-0.4, -0.2) is 11.9 Å². The molecule has 1 aliphatic heterocycles. The van der Waals surface area contributed by atoms with E-state index in [1.807, 2.05) is 24.3 Å². The normalized spacial score (nSPS) is 24.1. The van der Waals surface area contributed by atoms with Crippen LogP contribution in [0.15, 0.2) is 36.4 Å². The molecule has 4 nitrogen and oxygen atoms in total. The van der Waals surface area contributed by atoms with Crippen molar-refractivity contribution in [2.24, 2.45) is 11.8 Å². The smallest absolute Gasteiger partial charge is 0.228 e. The van der Waals surface area contributed by atoms with Crippen LogP contribution < -0.4 is 16.0 Å². The number of fused-ring (bicyclic) bond motifs is 1. The maximum atomic E-state index is 14.4. The molecule has 3 N–H and O–H groups in total. The van der Waals surface area contributed by atoms with Gasteiger partial charge in [-0.05, 0) is 55.4 Å². The molecule has 3 aliphatic rings. The molecule has 0 spiro atoms. The summed E-state index contributed by atoms with van der Waals surface area (Å²) in [6.45, 7) is 0. The van der Waals surface area contributed by atoms with Crippen molar-refractivity contribution in [1.29, 1.82) is 0 Å². The third kappa shape index (κ3) is 4.61. The summed E-state index contributed by atoms with van der Waals surface area (Å²) >= 11 is 12.4. The number of rotatable bonds is 5. The largest absolute Gasteiger partial charge is 0.357 e. The molecule has 182 valence electrons. The van der Waals surface area contributed by atoms with Gasteiger partial charge in [0, 0.05) is 17.1 Å². The van der Waals surface area contributed by atoms with E-state index in [1.54, 1.807) is 6.07 Å². The van der Waals surface area contributed by atoms with Gasteiger partial charge in [0.25, 0.3) is 0 Å². The second-order valence-corrected chi connectivity index (χ2v) is 10.9. The van der Waals surface area contributed by atoms with Gasteiger partial charge in [-0.25, -0.2) is 4.39 Å². The Labute approximate surface area is 211 Å². The van der Waals surface area contributed by atoms with Crippen molar-refractivity contribution in [3.8, 4) is 0 Å². The van der Waals surface area contributed by atoms with Crippen molar-refractivity contribution < 1.29 is 9.18 Å². The predicted molar refractivity (Wildman–Crippen MR) is 137 cm³/mol. The highest BCUT2D eigenvalue weighted by Gasteiger charge is 2.52. The number of hydrogen-bond donors (Lipinski definition) is 3. The lowest BCUT2D eigenvalue weighted by molar-refractivity contribution is -0.130. The fourth-order valence-electron chi connectivity index (χ4n) is 6.17. The van der Waals surface area contributed by atoms with E-state index in [1.165, 1.54) is 18.9 Å². The van der Waals surface area contributed by atoms with Crippen molar-refractivity contribution in [2.75, 3.05) is 10.6 Å². The summed E-state index contributed by atoms with van der Waals surface area (Å²) in [5, 5.41) is 11.2. The predicted octanol–water partition coefficient (Wildman–Crippen LogP) is 7.47. The van der Waals surface area contributed by atoms with Crippen molar-refractivity contribution in [1.82, 2.24) is 5.32 Å². The van der Waals surface area contributed by atoms with Gasteiger partial charge in [0.1, 0.15) is 11.5 Å². The second kappa shape index (κ2) is 9.94. The lowest BCUT2D eigenvalue weighted by atomic mass is 9.71. The van der Waals surface area contributed by atoms with Crippen LogP contribution in [0, 0.1) is 17.7 Å². The van der Waals surface area contributed by atoms with Gasteiger partial charge in [-0.3, -0.25) is 4.79 Å². The Balaban J connectivity index is 1.58. The van der Waals surface area contributed by atoms with E-state index in [0.29, 0.717) is 16.4 Å². The van der Waals surface area contributed by atoms with Crippen LogP contribution >= 0.6 is 23.2 Å². The lowest BCUT2D eigenvalue weighted by Gasteiger charge is -2.44. The van der Waals surface area contributed by atoms with E-state index in [4.69, 9.17) is 23.2 Å². The molecule has 0 aromatic heterocycles.